The first kappa shape index (κ1) is 20.4. The van der Waals surface area contributed by atoms with E-state index in [0.717, 1.165) is 18.5 Å². The summed E-state index contributed by atoms with van der Waals surface area (Å²) in [5.41, 5.74) is 2.94. The SMILES string of the molecule is CN(C)CCNC(=O)c1ccc([C@@H]2SCC(=O)N2CCc2ccccc2)cc1. The van der Waals surface area contributed by atoms with Gasteiger partial charge in [0.1, 0.15) is 5.37 Å². The second kappa shape index (κ2) is 9.75. The Balaban J connectivity index is 1.61. The number of thioether (sulfide) groups is 1. The summed E-state index contributed by atoms with van der Waals surface area (Å²) in [6.07, 6.45) is 0.843. The smallest absolute Gasteiger partial charge is 0.251 e. The third kappa shape index (κ3) is 5.36. The molecular formula is C22H27N3O2S. The van der Waals surface area contributed by atoms with E-state index in [1.807, 2.05) is 66.4 Å². The summed E-state index contributed by atoms with van der Waals surface area (Å²) in [6, 6.07) is 17.9. The minimum absolute atomic E-state index is 0.0158. The summed E-state index contributed by atoms with van der Waals surface area (Å²) in [6.45, 7) is 2.13. The van der Waals surface area contributed by atoms with Crippen LogP contribution in [0.4, 0.5) is 0 Å². The van der Waals surface area contributed by atoms with Gasteiger partial charge >= 0.3 is 0 Å². The second-order valence-electron chi connectivity index (χ2n) is 7.17. The maximum atomic E-state index is 12.4. The van der Waals surface area contributed by atoms with Crippen LogP contribution in [0.5, 0.6) is 0 Å². The van der Waals surface area contributed by atoms with Crippen molar-refractivity contribution in [3.05, 3.63) is 71.3 Å². The molecular weight excluding hydrogens is 370 g/mol. The monoisotopic (exact) mass is 397 g/mol. The molecule has 1 fully saturated rings. The first-order valence-corrected chi connectivity index (χ1v) is 10.6. The Hall–Kier alpha value is -2.31. The number of nitrogens with one attached hydrogen (secondary N) is 1. The molecule has 2 aromatic rings. The lowest BCUT2D eigenvalue weighted by Gasteiger charge is -2.24. The lowest BCUT2D eigenvalue weighted by atomic mass is 10.1. The van der Waals surface area contributed by atoms with Crippen molar-refractivity contribution in [2.45, 2.75) is 11.8 Å². The summed E-state index contributed by atoms with van der Waals surface area (Å²) in [4.78, 5) is 28.6. The van der Waals surface area contributed by atoms with Gasteiger partial charge in [-0.1, -0.05) is 42.5 Å². The van der Waals surface area contributed by atoms with E-state index in [-0.39, 0.29) is 17.2 Å². The molecule has 28 heavy (non-hydrogen) atoms. The molecule has 1 aliphatic heterocycles. The highest BCUT2D eigenvalue weighted by molar-refractivity contribution is 8.00. The van der Waals surface area contributed by atoms with Crippen molar-refractivity contribution in [2.75, 3.05) is 39.5 Å². The predicted molar refractivity (Wildman–Crippen MR) is 114 cm³/mol. The first-order valence-electron chi connectivity index (χ1n) is 9.52. The van der Waals surface area contributed by atoms with Crippen LogP contribution in [0, 0.1) is 0 Å². The number of amides is 2. The fourth-order valence-corrected chi connectivity index (χ4v) is 4.38. The number of hydrogen-bond acceptors (Lipinski definition) is 4. The first-order chi connectivity index (χ1) is 13.5. The topological polar surface area (TPSA) is 52.7 Å². The van der Waals surface area contributed by atoms with Gasteiger partial charge in [0.15, 0.2) is 0 Å². The third-order valence-electron chi connectivity index (χ3n) is 4.75. The number of carbonyl (C=O) groups excluding carboxylic acids is 2. The molecule has 5 nitrogen and oxygen atoms in total. The highest BCUT2D eigenvalue weighted by Gasteiger charge is 2.32. The molecule has 148 valence electrons. The molecule has 3 rings (SSSR count). The van der Waals surface area contributed by atoms with Gasteiger partial charge in [-0.2, -0.15) is 0 Å². The number of hydrogen-bond donors (Lipinski definition) is 1. The van der Waals surface area contributed by atoms with Crippen LogP contribution in [0.3, 0.4) is 0 Å². The van der Waals surface area contributed by atoms with Gasteiger partial charge in [-0.05, 0) is 43.8 Å². The van der Waals surface area contributed by atoms with E-state index < -0.39 is 0 Å². The zero-order chi connectivity index (χ0) is 19.9. The van der Waals surface area contributed by atoms with E-state index in [4.69, 9.17) is 0 Å². The van der Waals surface area contributed by atoms with Gasteiger partial charge in [-0.15, -0.1) is 11.8 Å². The van der Waals surface area contributed by atoms with Crippen molar-refractivity contribution >= 4 is 23.6 Å². The van der Waals surface area contributed by atoms with Gasteiger partial charge in [-0.3, -0.25) is 9.59 Å². The van der Waals surface area contributed by atoms with Gasteiger partial charge in [0, 0.05) is 25.2 Å². The summed E-state index contributed by atoms with van der Waals surface area (Å²) in [5.74, 6) is 0.618. The Morgan fingerprint density at radius 2 is 1.86 bits per heavy atom. The van der Waals surface area contributed by atoms with Gasteiger partial charge < -0.3 is 15.1 Å². The summed E-state index contributed by atoms with van der Waals surface area (Å²) in [7, 11) is 3.95. The molecule has 1 aliphatic rings. The van der Waals surface area contributed by atoms with Crippen molar-refractivity contribution in [1.82, 2.24) is 15.1 Å². The van der Waals surface area contributed by atoms with E-state index in [1.165, 1.54) is 5.56 Å². The summed E-state index contributed by atoms with van der Waals surface area (Å²) in [5, 5.41) is 2.94. The predicted octanol–water partition coefficient (Wildman–Crippen LogP) is 2.79. The van der Waals surface area contributed by atoms with Crippen LogP contribution in [-0.2, 0) is 11.2 Å². The molecule has 0 spiro atoms. The molecule has 6 heteroatoms. The fourth-order valence-electron chi connectivity index (χ4n) is 3.16. The number of benzene rings is 2. The van der Waals surface area contributed by atoms with Crippen LogP contribution in [-0.4, -0.2) is 61.1 Å². The molecule has 0 bridgehead atoms. The van der Waals surface area contributed by atoms with Crippen LogP contribution >= 0.6 is 11.8 Å². The molecule has 0 unspecified atom stereocenters. The fraction of sp³-hybridized carbons (Fsp3) is 0.364. The Labute approximate surface area is 171 Å². The van der Waals surface area contributed by atoms with Crippen LogP contribution in [0.1, 0.15) is 26.9 Å². The van der Waals surface area contributed by atoms with E-state index >= 15 is 0 Å². The van der Waals surface area contributed by atoms with E-state index in [1.54, 1.807) is 11.8 Å². The molecule has 1 saturated heterocycles. The largest absolute Gasteiger partial charge is 0.351 e. The molecule has 1 heterocycles. The highest BCUT2D eigenvalue weighted by Crippen LogP contribution is 2.38. The minimum Gasteiger partial charge on any atom is -0.351 e. The van der Waals surface area contributed by atoms with Crippen LogP contribution in [0.15, 0.2) is 54.6 Å². The molecule has 1 N–H and O–H groups in total. The molecule has 2 aromatic carbocycles. The van der Waals surface area contributed by atoms with Gasteiger partial charge in [0.05, 0.1) is 5.75 Å². The Morgan fingerprint density at radius 1 is 1.14 bits per heavy atom. The standard InChI is InChI=1S/C22H27N3O2S/c1-24(2)15-13-23-21(27)18-8-10-19(11-9-18)22-25(20(26)16-28-22)14-12-17-6-4-3-5-7-17/h3-11,22H,12-16H2,1-2H3,(H,23,27)/t22-/m0/s1. The van der Waals surface area contributed by atoms with Crippen molar-refractivity contribution in [2.24, 2.45) is 0 Å². The Kier molecular flexibility index (Phi) is 7.12. The molecule has 1 atom stereocenters. The molecule has 0 radical (unpaired) electrons. The quantitative estimate of drug-likeness (QED) is 0.744. The van der Waals surface area contributed by atoms with Crippen molar-refractivity contribution in [3.8, 4) is 0 Å². The van der Waals surface area contributed by atoms with E-state index in [0.29, 0.717) is 24.4 Å². The lowest BCUT2D eigenvalue weighted by Crippen LogP contribution is -2.31. The van der Waals surface area contributed by atoms with Crippen molar-refractivity contribution < 1.29 is 9.59 Å². The molecule has 2 amide bonds. The Bertz CT molecular complexity index is 793. The lowest BCUT2D eigenvalue weighted by molar-refractivity contribution is -0.128. The summed E-state index contributed by atoms with van der Waals surface area (Å²) >= 11 is 1.65. The number of likely N-dealkylation sites (N-methyl/N-ethyl adjacent to an activating group) is 1. The molecule has 0 aromatic heterocycles. The van der Waals surface area contributed by atoms with Crippen molar-refractivity contribution in [3.63, 3.8) is 0 Å². The maximum absolute atomic E-state index is 12.4. The van der Waals surface area contributed by atoms with Gasteiger partial charge in [0.25, 0.3) is 5.91 Å². The van der Waals surface area contributed by atoms with Crippen LogP contribution < -0.4 is 5.32 Å². The average molecular weight is 398 g/mol. The highest BCUT2D eigenvalue weighted by atomic mass is 32.2. The number of rotatable bonds is 8. The maximum Gasteiger partial charge on any atom is 0.251 e. The number of carbonyl (C=O) groups is 2. The van der Waals surface area contributed by atoms with Gasteiger partial charge in [-0.25, -0.2) is 0 Å². The van der Waals surface area contributed by atoms with Gasteiger partial charge in [0.2, 0.25) is 5.91 Å². The molecule has 0 aliphatic carbocycles. The normalized spacial score (nSPS) is 16.6. The zero-order valence-electron chi connectivity index (χ0n) is 16.4. The third-order valence-corrected chi connectivity index (χ3v) is 6.01. The molecule has 0 saturated carbocycles. The van der Waals surface area contributed by atoms with E-state index in [2.05, 4.69) is 17.4 Å². The van der Waals surface area contributed by atoms with Crippen molar-refractivity contribution in [1.29, 1.82) is 0 Å². The number of nitrogens with zero attached hydrogens (tertiary/aromatic N) is 2. The Morgan fingerprint density at radius 3 is 2.54 bits per heavy atom. The zero-order valence-corrected chi connectivity index (χ0v) is 17.2. The summed E-state index contributed by atoms with van der Waals surface area (Å²) < 4.78 is 0. The van der Waals surface area contributed by atoms with E-state index in [9.17, 15) is 9.59 Å². The minimum atomic E-state index is -0.0653. The second-order valence-corrected chi connectivity index (χ2v) is 8.24. The average Bonchev–Trinajstić information content (AvgIpc) is 3.07. The van der Waals surface area contributed by atoms with Crippen LogP contribution in [0.2, 0.25) is 0 Å². The van der Waals surface area contributed by atoms with Crippen LogP contribution in [0.25, 0.3) is 0 Å².